The number of guanidine groups is 1. The SMILES string of the molecule is CCNC(=NCC(CO)c1ccccc1)NCCS(=O)(=O)Nc1ccc(C)c(F)c1.I. The molecule has 172 valence electrons. The molecule has 0 heterocycles. The molecule has 0 saturated carbocycles. The van der Waals surface area contributed by atoms with Crippen molar-refractivity contribution in [2.75, 3.05) is 36.7 Å². The predicted octanol–water partition coefficient (Wildman–Crippen LogP) is 2.83. The number of anilines is 1. The highest BCUT2D eigenvalue weighted by molar-refractivity contribution is 14.0. The summed E-state index contributed by atoms with van der Waals surface area (Å²) in [5.41, 5.74) is 1.62. The summed E-state index contributed by atoms with van der Waals surface area (Å²) in [4.78, 5) is 4.46. The predicted molar refractivity (Wildman–Crippen MR) is 134 cm³/mol. The monoisotopic (exact) mass is 564 g/mol. The fourth-order valence-corrected chi connectivity index (χ4v) is 3.69. The van der Waals surface area contributed by atoms with Crippen LogP contribution in [0.5, 0.6) is 0 Å². The van der Waals surface area contributed by atoms with Crippen LogP contribution in [0.4, 0.5) is 10.1 Å². The summed E-state index contributed by atoms with van der Waals surface area (Å²) < 4.78 is 40.5. The Morgan fingerprint density at radius 1 is 1.16 bits per heavy atom. The van der Waals surface area contributed by atoms with E-state index in [0.717, 1.165) is 11.6 Å². The number of aryl methyl sites for hydroxylation is 1. The number of aliphatic hydroxyl groups excluding tert-OH is 1. The zero-order valence-corrected chi connectivity index (χ0v) is 20.8. The number of aliphatic imine (C=N–C) groups is 1. The number of aliphatic hydroxyl groups is 1. The Hall–Kier alpha value is -1.92. The second kappa shape index (κ2) is 13.5. The Morgan fingerprint density at radius 3 is 2.48 bits per heavy atom. The summed E-state index contributed by atoms with van der Waals surface area (Å²) in [5.74, 6) is -0.367. The molecule has 2 aromatic carbocycles. The van der Waals surface area contributed by atoms with E-state index in [4.69, 9.17) is 0 Å². The largest absolute Gasteiger partial charge is 0.396 e. The first-order valence-electron chi connectivity index (χ1n) is 9.79. The molecule has 0 amide bonds. The Bertz CT molecular complexity index is 943. The molecule has 0 aliphatic carbocycles. The quantitative estimate of drug-likeness (QED) is 0.202. The van der Waals surface area contributed by atoms with E-state index in [9.17, 15) is 17.9 Å². The van der Waals surface area contributed by atoms with Crippen LogP contribution in [0.2, 0.25) is 0 Å². The Morgan fingerprint density at radius 2 is 1.87 bits per heavy atom. The lowest BCUT2D eigenvalue weighted by molar-refractivity contribution is 0.268. The van der Waals surface area contributed by atoms with Crippen molar-refractivity contribution < 1.29 is 17.9 Å². The highest BCUT2D eigenvalue weighted by Crippen LogP contribution is 2.16. The molecule has 0 bridgehead atoms. The number of nitrogens with one attached hydrogen (secondary N) is 3. The lowest BCUT2D eigenvalue weighted by Crippen LogP contribution is -2.40. The molecular formula is C21H30FIN4O3S. The van der Waals surface area contributed by atoms with E-state index in [1.165, 1.54) is 12.1 Å². The van der Waals surface area contributed by atoms with Crippen LogP contribution in [0, 0.1) is 12.7 Å². The van der Waals surface area contributed by atoms with Crippen molar-refractivity contribution in [3.05, 3.63) is 65.5 Å². The van der Waals surface area contributed by atoms with E-state index in [0.29, 0.717) is 24.6 Å². The molecule has 1 atom stereocenters. The van der Waals surface area contributed by atoms with Crippen LogP contribution in [0.3, 0.4) is 0 Å². The van der Waals surface area contributed by atoms with Gasteiger partial charge in [0, 0.05) is 19.0 Å². The normalized spacial score (nSPS) is 12.6. The van der Waals surface area contributed by atoms with Gasteiger partial charge >= 0.3 is 0 Å². The molecule has 0 aliphatic heterocycles. The fraction of sp³-hybridized carbons (Fsp3) is 0.381. The molecule has 0 fully saturated rings. The van der Waals surface area contributed by atoms with E-state index in [-0.39, 0.29) is 54.5 Å². The highest BCUT2D eigenvalue weighted by Gasteiger charge is 2.13. The molecule has 0 aliphatic rings. The molecule has 1 unspecified atom stereocenters. The van der Waals surface area contributed by atoms with E-state index >= 15 is 0 Å². The van der Waals surface area contributed by atoms with Crippen LogP contribution >= 0.6 is 24.0 Å². The summed E-state index contributed by atoms with van der Waals surface area (Å²) >= 11 is 0. The number of sulfonamides is 1. The maximum Gasteiger partial charge on any atom is 0.234 e. The average molecular weight is 564 g/mol. The molecule has 2 aromatic rings. The second-order valence-electron chi connectivity index (χ2n) is 6.82. The van der Waals surface area contributed by atoms with Crippen molar-refractivity contribution >= 4 is 45.6 Å². The molecule has 0 spiro atoms. The van der Waals surface area contributed by atoms with Gasteiger partial charge in [-0.15, -0.1) is 24.0 Å². The van der Waals surface area contributed by atoms with E-state index < -0.39 is 15.8 Å². The average Bonchev–Trinajstić information content (AvgIpc) is 2.71. The molecular weight excluding hydrogens is 534 g/mol. The zero-order chi connectivity index (χ0) is 22.0. The molecule has 2 rings (SSSR count). The molecule has 7 nitrogen and oxygen atoms in total. The Labute approximate surface area is 200 Å². The molecule has 0 aromatic heterocycles. The minimum Gasteiger partial charge on any atom is -0.396 e. The molecule has 10 heteroatoms. The van der Waals surface area contributed by atoms with Gasteiger partial charge in [-0.1, -0.05) is 36.4 Å². The first-order valence-corrected chi connectivity index (χ1v) is 11.4. The Balaban J connectivity index is 0.00000480. The van der Waals surface area contributed by atoms with Crippen LogP contribution in [0.25, 0.3) is 0 Å². The summed E-state index contributed by atoms with van der Waals surface area (Å²) in [6, 6.07) is 13.8. The lowest BCUT2D eigenvalue weighted by atomic mass is 10.0. The standard InChI is InChI=1S/C21H29FN4O3S.HI/c1-3-23-21(25-14-18(15-27)17-7-5-4-6-8-17)24-11-12-30(28,29)26-19-10-9-16(2)20(22)13-19;/h4-10,13,18,26-27H,3,11-12,14-15H2,1-2H3,(H2,23,24,25);1H. The van der Waals surface area contributed by atoms with Crippen molar-refractivity contribution in [2.24, 2.45) is 4.99 Å². The maximum atomic E-state index is 13.6. The minimum absolute atomic E-state index is 0. The minimum atomic E-state index is -3.66. The summed E-state index contributed by atoms with van der Waals surface area (Å²) in [6.45, 7) is 4.54. The Kier molecular flexibility index (Phi) is 11.8. The van der Waals surface area contributed by atoms with Gasteiger partial charge in [-0.3, -0.25) is 9.71 Å². The number of hydrogen-bond acceptors (Lipinski definition) is 4. The number of nitrogens with zero attached hydrogens (tertiary/aromatic N) is 1. The maximum absolute atomic E-state index is 13.6. The second-order valence-corrected chi connectivity index (χ2v) is 8.66. The smallest absolute Gasteiger partial charge is 0.234 e. The van der Waals surface area contributed by atoms with Crippen LogP contribution < -0.4 is 15.4 Å². The number of halogens is 2. The van der Waals surface area contributed by atoms with Crippen LogP contribution in [0.15, 0.2) is 53.5 Å². The summed E-state index contributed by atoms with van der Waals surface area (Å²) in [6.07, 6.45) is 0. The molecule has 31 heavy (non-hydrogen) atoms. The first kappa shape index (κ1) is 27.1. The lowest BCUT2D eigenvalue weighted by Gasteiger charge is -2.15. The van der Waals surface area contributed by atoms with Gasteiger partial charge < -0.3 is 15.7 Å². The first-order chi connectivity index (χ1) is 14.3. The van der Waals surface area contributed by atoms with Gasteiger partial charge in [-0.2, -0.15) is 0 Å². The number of rotatable bonds is 10. The van der Waals surface area contributed by atoms with Crippen LogP contribution in [0.1, 0.15) is 24.0 Å². The van der Waals surface area contributed by atoms with Gasteiger partial charge in [0.1, 0.15) is 5.82 Å². The van der Waals surface area contributed by atoms with Crippen LogP contribution in [-0.4, -0.2) is 51.5 Å². The summed E-state index contributed by atoms with van der Waals surface area (Å²) in [7, 11) is -3.66. The molecule has 0 radical (unpaired) electrons. The summed E-state index contributed by atoms with van der Waals surface area (Å²) in [5, 5.41) is 15.7. The topological polar surface area (TPSA) is 103 Å². The van der Waals surface area contributed by atoms with Crippen molar-refractivity contribution in [3.63, 3.8) is 0 Å². The number of benzene rings is 2. The van der Waals surface area contributed by atoms with Gasteiger partial charge in [0.15, 0.2) is 5.96 Å². The molecule has 4 N–H and O–H groups in total. The van der Waals surface area contributed by atoms with Crippen LogP contribution in [-0.2, 0) is 10.0 Å². The number of hydrogen-bond donors (Lipinski definition) is 4. The fourth-order valence-electron chi connectivity index (χ4n) is 2.73. The van der Waals surface area contributed by atoms with Gasteiger partial charge in [0.05, 0.1) is 24.6 Å². The van der Waals surface area contributed by atoms with Gasteiger partial charge in [0.25, 0.3) is 0 Å². The van der Waals surface area contributed by atoms with E-state index in [2.05, 4.69) is 20.3 Å². The van der Waals surface area contributed by atoms with Crippen molar-refractivity contribution in [3.8, 4) is 0 Å². The third-order valence-electron chi connectivity index (χ3n) is 4.41. The van der Waals surface area contributed by atoms with Crippen molar-refractivity contribution in [1.82, 2.24) is 10.6 Å². The van der Waals surface area contributed by atoms with E-state index in [1.807, 2.05) is 37.3 Å². The van der Waals surface area contributed by atoms with Gasteiger partial charge in [-0.05, 0) is 37.1 Å². The van der Waals surface area contributed by atoms with E-state index in [1.54, 1.807) is 6.92 Å². The van der Waals surface area contributed by atoms with Gasteiger partial charge in [-0.25, -0.2) is 12.8 Å². The third kappa shape index (κ3) is 9.40. The highest BCUT2D eigenvalue weighted by atomic mass is 127. The van der Waals surface area contributed by atoms with Crippen molar-refractivity contribution in [1.29, 1.82) is 0 Å². The third-order valence-corrected chi connectivity index (χ3v) is 5.70. The van der Waals surface area contributed by atoms with Crippen molar-refractivity contribution in [2.45, 2.75) is 19.8 Å². The zero-order valence-electron chi connectivity index (χ0n) is 17.6. The van der Waals surface area contributed by atoms with Gasteiger partial charge in [0.2, 0.25) is 10.0 Å². The molecule has 0 saturated heterocycles.